The monoisotopic (exact) mass is 482 g/mol. The van der Waals surface area contributed by atoms with E-state index in [0.29, 0.717) is 24.4 Å². The lowest BCUT2D eigenvalue weighted by atomic mass is 9.87. The Balaban J connectivity index is 1.46. The Hall–Kier alpha value is -3.28. The number of methoxy groups -OCH3 is 1. The van der Waals surface area contributed by atoms with Gasteiger partial charge >= 0.3 is 0 Å². The molecule has 0 saturated heterocycles. The molecule has 3 heterocycles. The van der Waals surface area contributed by atoms with E-state index >= 15 is 0 Å². The predicted molar refractivity (Wildman–Crippen MR) is 130 cm³/mol. The standard InChI is InChI=1S/C23H26N6O4S/c1-33-18-10-16-14(11-26-28-16)8-17(18)27-21-20-15-3-2-13(23(32)29(4-6-30)5-7-31)9-19(15)34-22(20)25-12-24-21/h8,10-13,30-31H,2-7,9H2,1H3,(H,26,28)(H,24,25,27). The number of carbonyl (C=O) groups excluding carboxylic acids is 1. The lowest BCUT2D eigenvalue weighted by Gasteiger charge is -2.28. The minimum atomic E-state index is -0.174. The molecule has 1 aliphatic rings. The molecule has 1 amide bonds. The van der Waals surface area contributed by atoms with Crippen molar-refractivity contribution in [2.45, 2.75) is 19.3 Å². The number of benzene rings is 1. The minimum Gasteiger partial charge on any atom is -0.494 e. The Kier molecular flexibility index (Phi) is 6.31. The quantitative estimate of drug-likeness (QED) is 0.300. The number of anilines is 2. The molecule has 0 saturated carbocycles. The maximum atomic E-state index is 13.0. The molecule has 0 aliphatic heterocycles. The molecule has 4 N–H and O–H groups in total. The Morgan fingerprint density at radius 3 is 2.88 bits per heavy atom. The number of thiophene rings is 1. The molecule has 1 aromatic carbocycles. The zero-order chi connectivity index (χ0) is 23.7. The number of H-pyrrole nitrogens is 1. The van der Waals surface area contributed by atoms with Crippen molar-refractivity contribution < 1.29 is 19.7 Å². The smallest absolute Gasteiger partial charge is 0.226 e. The van der Waals surface area contributed by atoms with E-state index in [1.807, 2.05) is 12.1 Å². The highest BCUT2D eigenvalue weighted by atomic mass is 32.1. The van der Waals surface area contributed by atoms with Gasteiger partial charge in [-0.15, -0.1) is 11.3 Å². The van der Waals surface area contributed by atoms with Gasteiger partial charge in [-0.05, 0) is 30.9 Å². The number of hydrogen-bond acceptors (Lipinski definition) is 9. The van der Waals surface area contributed by atoms with Gasteiger partial charge in [-0.2, -0.15) is 5.10 Å². The number of amides is 1. The second kappa shape index (κ2) is 9.53. The Morgan fingerprint density at radius 1 is 1.29 bits per heavy atom. The molecule has 0 radical (unpaired) electrons. The van der Waals surface area contributed by atoms with E-state index in [2.05, 4.69) is 25.5 Å². The molecule has 34 heavy (non-hydrogen) atoms. The van der Waals surface area contributed by atoms with E-state index in [1.165, 1.54) is 5.56 Å². The van der Waals surface area contributed by atoms with Crippen LogP contribution in [-0.4, -0.2) is 74.6 Å². The van der Waals surface area contributed by atoms with Gasteiger partial charge in [0.15, 0.2) is 0 Å². The van der Waals surface area contributed by atoms with Gasteiger partial charge < -0.3 is 25.2 Å². The average molecular weight is 483 g/mol. The van der Waals surface area contributed by atoms with E-state index in [9.17, 15) is 15.0 Å². The summed E-state index contributed by atoms with van der Waals surface area (Å²) < 4.78 is 5.57. The molecule has 1 unspecified atom stereocenters. The highest BCUT2D eigenvalue weighted by Gasteiger charge is 2.31. The number of nitrogens with one attached hydrogen (secondary N) is 2. The van der Waals surface area contributed by atoms with Crippen LogP contribution in [0.25, 0.3) is 21.1 Å². The van der Waals surface area contributed by atoms with E-state index in [1.54, 1.807) is 35.9 Å². The van der Waals surface area contributed by atoms with Gasteiger partial charge in [-0.3, -0.25) is 9.89 Å². The van der Waals surface area contributed by atoms with Crippen molar-refractivity contribution in [1.82, 2.24) is 25.1 Å². The number of aromatic amines is 1. The number of fused-ring (bicyclic) bond motifs is 4. The molecule has 0 bridgehead atoms. The number of aliphatic hydroxyl groups is 2. The number of nitrogens with zero attached hydrogens (tertiary/aromatic N) is 4. The summed E-state index contributed by atoms with van der Waals surface area (Å²) in [5, 5.41) is 31.0. The van der Waals surface area contributed by atoms with E-state index in [0.717, 1.165) is 38.1 Å². The Labute approximate surface area is 199 Å². The van der Waals surface area contributed by atoms with Gasteiger partial charge in [0.2, 0.25) is 5.91 Å². The lowest BCUT2D eigenvalue weighted by molar-refractivity contribution is -0.136. The minimum absolute atomic E-state index is 0.0196. The fourth-order valence-corrected chi connectivity index (χ4v) is 5.88. The maximum absolute atomic E-state index is 13.0. The van der Waals surface area contributed by atoms with Crippen LogP contribution in [0, 0.1) is 5.92 Å². The number of aliphatic hydroxyl groups excluding tert-OH is 2. The van der Waals surface area contributed by atoms with Crippen LogP contribution >= 0.6 is 11.3 Å². The highest BCUT2D eigenvalue weighted by molar-refractivity contribution is 7.19. The largest absolute Gasteiger partial charge is 0.494 e. The summed E-state index contributed by atoms with van der Waals surface area (Å²) >= 11 is 1.59. The van der Waals surface area contributed by atoms with Crippen molar-refractivity contribution in [3.8, 4) is 5.75 Å². The molecule has 0 fully saturated rings. The SMILES string of the molecule is COc1cc2[nH]ncc2cc1Nc1ncnc2sc3c(c12)CCC(C(=O)N(CCO)CCO)C3. The second-order valence-corrected chi connectivity index (χ2v) is 9.34. The summed E-state index contributed by atoms with van der Waals surface area (Å²) in [5.74, 6) is 1.18. The lowest BCUT2D eigenvalue weighted by Crippen LogP contribution is -2.41. The average Bonchev–Trinajstić information content (AvgIpc) is 3.46. The number of carbonyl (C=O) groups is 1. The van der Waals surface area contributed by atoms with Crippen molar-refractivity contribution in [2.24, 2.45) is 5.92 Å². The van der Waals surface area contributed by atoms with Crippen molar-refractivity contribution >= 4 is 49.9 Å². The van der Waals surface area contributed by atoms with Crippen LogP contribution < -0.4 is 10.1 Å². The summed E-state index contributed by atoms with van der Waals surface area (Å²) in [4.78, 5) is 25.6. The molecular weight excluding hydrogens is 456 g/mol. The first-order valence-corrected chi connectivity index (χ1v) is 12.0. The van der Waals surface area contributed by atoms with Crippen LogP contribution in [0.4, 0.5) is 11.5 Å². The zero-order valence-corrected chi connectivity index (χ0v) is 19.6. The molecule has 178 valence electrons. The number of hydrogen-bond donors (Lipinski definition) is 4. The zero-order valence-electron chi connectivity index (χ0n) is 18.7. The van der Waals surface area contributed by atoms with Gasteiger partial charge in [0.1, 0.15) is 22.7 Å². The van der Waals surface area contributed by atoms with Crippen LogP contribution in [0.2, 0.25) is 0 Å². The number of rotatable bonds is 8. The second-order valence-electron chi connectivity index (χ2n) is 8.25. The maximum Gasteiger partial charge on any atom is 0.226 e. The Morgan fingerprint density at radius 2 is 2.12 bits per heavy atom. The Bertz CT molecular complexity index is 1330. The highest BCUT2D eigenvalue weighted by Crippen LogP contribution is 2.41. The first-order valence-electron chi connectivity index (χ1n) is 11.2. The first kappa shape index (κ1) is 22.5. The molecule has 11 heteroatoms. The topological polar surface area (TPSA) is 136 Å². The van der Waals surface area contributed by atoms with Gasteiger partial charge in [0, 0.05) is 35.3 Å². The first-order chi connectivity index (χ1) is 16.6. The third-order valence-corrected chi connectivity index (χ3v) is 7.42. The van der Waals surface area contributed by atoms with Crippen LogP contribution in [-0.2, 0) is 17.6 Å². The van der Waals surface area contributed by atoms with E-state index < -0.39 is 0 Å². The van der Waals surface area contributed by atoms with Crippen molar-refractivity contribution in [3.05, 3.63) is 35.1 Å². The van der Waals surface area contributed by atoms with Crippen molar-refractivity contribution in [3.63, 3.8) is 0 Å². The molecule has 10 nitrogen and oxygen atoms in total. The summed E-state index contributed by atoms with van der Waals surface area (Å²) in [7, 11) is 1.62. The van der Waals surface area contributed by atoms with Crippen LogP contribution in [0.5, 0.6) is 5.75 Å². The molecule has 4 aromatic rings. The predicted octanol–water partition coefficient (Wildman–Crippen LogP) is 2.24. The molecule has 1 atom stereocenters. The summed E-state index contributed by atoms with van der Waals surface area (Å²) in [6.07, 6.45) is 5.35. The van der Waals surface area contributed by atoms with E-state index in [-0.39, 0.29) is 38.1 Å². The number of aromatic nitrogens is 4. The van der Waals surface area contributed by atoms with Gasteiger partial charge in [0.25, 0.3) is 0 Å². The number of ether oxygens (including phenoxy) is 1. The third-order valence-electron chi connectivity index (χ3n) is 6.26. The summed E-state index contributed by atoms with van der Waals surface area (Å²) in [6.45, 7) is 0.228. The molecular formula is C23H26N6O4S. The van der Waals surface area contributed by atoms with Crippen LogP contribution in [0.3, 0.4) is 0 Å². The molecule has 5 rings (SSSR count). The van der Waals surface area contributed by atoms with E-state index in [4.69, 9.17) is 4.74 Å². The molecule has 1 aliphatic carbocycles. The van der Waals surface area contributed by atoms with Crippen LogP contribution in [0.1, 0.15) is 16.9 Å². The summed E-state index contributed by atoms with van der Waals surface area (Å²) in [6, 6.07) is 3.86. The van der Waals surface area contributed by atoms with Gasteiger partial charge in [-0.25, -0.2) is 9.97 Å². The summed E-state index contributed by atoms with van der Waals surface area (Å²) in [5.41, 5.74) is 2.84. The molecule has 0 spiro atoms. The van der Waals surface area contributed by atoms with Gasteiger partial charge in [0.05, 0.1) is 43.1 Å². The number of aryl methyl sites for hydroxylation is 1. The van der Waals surface area contributed by atoms with Crippen molar-refractivity contribution in [1.29, 1.82) is 0 Å². The van der Waals surface area contributed by atoms with Gasteiger partial charge in [-0.1, -0.05) is 0 Å². The normalized spacial score (nSPS) is 15.4. The van der Waals surface area contributed by atoms with Crippen LogP contribution in [0.15, 0.2) is 24.7 Å². The van der Waals surface area contributed by atoms with Crippen molar-refractivity contribution in [2.75, 3.05) is 38.7 Å². The molecule has 3 aromatic heterocycles. The fraction of sp³-hybridized carbons (Fsp3) is 0.391. The fourth-order valence-electron chi connectivity index (χ4n) is 4.61. The third kappa shape index (κ3) is 4.06.